The quantitative estimate of drug-likeness (QED) is 0.113. The molecule has 3 aliphatic heterocycles. The van der Waals surface area contributed by atoms with Crippen molar-refractivity contribution < 1.29 is 23.5 Å². The highest BCUT2D eigenvalue weighted by molar-refractivity contribution is 7.11. The topological polar surface area (TPSA) is 155 Å². The van der Waals surface area contributed by atoms with Gasteiger partial charge < -0.3 is 35.0 Å². The third-order valence-corrected chi connectivity index (χ3v) is 12.6. The molecule has 0 aliphatic carbocycles. The van der Waals surface area contributed by atoms with Gasteiger partial charge in [0, 0.05) is 35.7 Å². The van der Waals surface area contributed by atoms with Crippen LogP contribution in [0.1, 0.15) is 100 Å². The van der Waals surface area contributed by atoms with Gasteiger partial charge in [-0.2, -0.15) is 0 Å². The van der Waals surface area contributed by atoms with Gasteiger partial charge in [0.25, 0.3) is 0 Å². The Bertz CT molecular complexity index is 2540. The Morgan fingerprint density at radius 3 is 2.53 bits per heavy atom. The average molecular weight is 820 g/mol. The van der Waals surface area contributed by atoms with Crippen LogP contribution in [0.4, 0.5) is 9.18 Å². The number of rotatable bonds is 9. The lowest BCUT2D eigenvalue weighted by Crippen LogP contribution is -2.51. The van der Waals surface area contributed by atoms with Gasteiger partial charge in [-0.25, -0.2) is 24.1 Å². The van der Waals surface area contributed by atoms with Crippen molar-refractivity contribution in [3.8, 4) is 39.5 Å². The first-order chi connectivity index (χ1) is 28.3. The van der Waals surface area contributed by atoms with Crippen LogP contribution in [-0.4, -0.2) is 72.6 Å². The summed E-state index contributed by atoms with van der Waals surface area (Å²) in [4.78, 5) is 49.7. The number of amides is 2. The molecule has 9 rings (SSSR count). The summed E-state index contributed by atoms with van der Waals surface area (Å²) in [5, 5.41) is 8.17. The predicted molar refractivity (Wildman–Crippen MR) is 224 cm³/mol. The zero-order valence-corrected chi connectivity index (χ0v) is 35.0. The summed E-state index contributed by atoms with van der Waals surface area (Å²) >= 11 is 1.62. The number of nitrogens with one attached hydrogen (secondary N) is 4. The van der Waals surface area contributed by atoms with Crippen LogP contribution in [0.3, 0.4) is 0 Å². The molecule has 0 radical (unpaired) electrons. The molecule has 0 spiro atoms. The van der Waals surface area contributed by atoms with Crippen molar-refractivity contribution in [2.24, 2.45) is 11.3 Å². The number of hydrogen-bond donors (Lipinski definition) is 4. The minimum atomic E-state index is -0.750. The van der Waals surface area contributed by atoms with Crippen LogP contribution in [0.5, 0.6) is 5.75 Å². The van der Waals surface area contributed by atoms with E-state index in [9.17, 15) is 9.59 Å². The summed E-state index contributed by atoms with van der Waals surface area (Å²) < 4.78 is 30.5. The molecular weight excluding hydrogens is 770 g/mol. The fourth-order valence-electron chi connectivity index (χ4n) is 8.68. The van der Waals surface area contributed by atoms with E-state index in [0.29, 0.717) is 47.1 Å². The Hall–Kier alpha value is -5.54. The number of methoxy groups -OCH3 is 1. The maximum Gasteiger partial charge on any atom is 0.407 e. The molecule has 2 saturated heterocycles. The summed E-state index contributed by atoms with van der Waals surface area (Å²) in [5.74, 6) is 1.17. The van der Waals surface area contributed by atoms with Crippen molar-refractivity contribution in [3.05, 3.63) is 82.3 Å². The summed E-state index contributed by atoms with van der Waals surface area (Å²) in [6.07, 6.45) is 8.68. The molecule has 0 bridgehead atoms. The summed E-state index contributed by atoms with van der Waals surface area (Å²) in [6, 6.07) is 10.8. The van der Waals surface area contributed by atoms with Gasteiger partial charge >= 0.3 is 6.09 Å². The number of benzene rings is 2. The summed E-state index contributed by atoms with van der Waals surface area (Å²) in [5.41, 5.74) is 5.15. The number of thiazole rings is 1. The highest BCUT2D eigenvalue weighted by atomic mass is 32.1. The van der Waals surface area contributed by atoms with E-state index in [2.05, 4.69) is 64.1 Å². The third-order valence-electron chi connectivity index (χ3n) is 11.6. The van der Waals surface area contributed by atoms with Crippen LogP contribution >= 0.6 is 11.3 Å². The van der Waals surface area contributed by atoms with Gasteiger partial charge in [0.05, 0.1) is 69.6 Å². The molecule has 13 nitrogen and oxygen atoms in total. The van der Waals surface area contributed by atoms with E-state index in [0.717, 1.165) is 70.1 Å². The lowest BCUT2D eigenvalue weighted by atomic mass is 9.93. The summed E-state index contributed by atoms with van der Waals surface area (Å²) in [7, 11) is 1.28. The van der Waals surface area contributed by atoms with Gasteiger partial charge in [0.2, 0.25) is 12.1 Å². The molecule has 2 fully saturated rings. The van der Waals surface area contributed by atoms with Crippen LogP contribution in [0.2, 0.25) is 0 Å². The van der Waals surface area contributed by atoms with Gasteiger partial charge in [-0.05, 0) is 73.9 Å². The van der Waals surface area contributed by atoms with E-state index < -0.39 is 24.2 Å². The Balaban J connectivity index is 1.07. The molecule has 7 heterocycles. The SMILES string of the molecule is COC(=O)N[C@H](C(=O)N1CCC[C@H]1c1ncc(-c2cc(F)c3c(c2)OC(c2cnc(CC(C)(C)C)s2)n2c-3cc3cc(-c4cnc([C@@H]5CCCN5)[nH]4)ccc32)[nH]1)C(C)C. The number of carbonyl (C=O) groups excluding carboxylic acids is 2. The number of likely N-dealkylation sites (tertiary alicyclic amines) is 1. The number of carbonyl (C=O) groups is 2. The second kappa shape index (κ2) is 15.2. The van der Waals surface area contributed by atoms with Gasteiger partial charge in [-0.1, -0.05) is 40.7 Å². The maximum atomic E-state index is 16.8. The maximum absolute atomic E-state index is 16.8. The van der Waals surface area contributed by atoms with Crippen molar-refractivity contribution in [2.45, 2.75) is 91.1 Å². The highest BCUT2D eigenvalue weighted by Crippen LogP contribution is 2.48. The molecule has 15 heteroatoms. The van der Waals surface area contributed by atoms with Crippen LogP contribution in [-0.2, 0) is 16.0 Å². The minimum absolute atomic E-state index is 0.0527. The standard InChI is InChI=1S/C44H50FN9O4S/c1-23(2)38(52-43(56)57-6)41(55)53-14-8-10-32(53)40-49-21-30(51-40)25-16-27(45)37-33-17-26-15-24(29-20-48-39(50-29)28-9-7-13-46-28)11-12-31(26)54(33)42(58-34(37)18-25)35-22-47-36(59-35)19-44(3,4)5/h11-12,15-18,20-23,28,32,38,42,46H,7-10,13-14,19H2,1-6H3,(H,48,50)(H,49,51)(H,52,56)/t28-,32-,38-,42?/m0/s1. The minimum Gasteiger partial charge on any atom is -0.464 e. The average Bonchev–Trinajstić information content (AvgIpc) is 4.05. The molecule has 4 N–H and O–H groups in total. The van der Waals surface area contributed by atoms with E-state index >= 15 is 4.39 Å². The fourth-order valence-corrected chi connectivity index (χ4v) is 9.93. The highest BCUT2D eigenvalue weighted by Gasteiger charge is 2.38. The molecule has 0 saturated carbocycles. The molecule has 6 aromatic rings. The van der Waals surface area contributed by atoms with Crippen molar-refractivity contribution in [2.75, 3.05) is 20.2 Å². The van der Waals surface area contributed by atoms with E-state index in [1.165, 1.54) is 13.2 Å². The first-order valence-corrected chi connectivity index (χ1v) is 21.3. The number of fused-ring (bicyclic) bond motifs is 5. The van der Waals surface area contributed by atoms with E-state index in [-0.39, 0.29) is 29.3 Å². The molecule has 2 amide bonds. The molecular formula is C44H50FN9O4S. The van der Waals surface area contributed by atoms with Crippen molar-refractivity contribution >= 4 is 34.2 Å². The first kappa shape index (κ1) is 38.9. The van der Waals surface area contributed by atoms with Gasteiger partial charge in [0.15, 0.2) is 0 Å². The number of imidazole rings is 2. The zero-order valence-electron chi connectivity index (χ0n) is 34.2. The molecule has 1 unspecified atom stereocenters. The normalized spacial score (nSPS) is 19.5. The largest absolute Gasteiger partial charge is 0.464 e. The van der Waals surface area contributed by atoms with Crippen LogP contribution in [0.15, 0.2) is 55.0 Å². The Morgan fingerprint density at radius 1 is 1.00 bits per heavy atom. The van der Waals surface area contributed by atoms with Crippen LogP contribution in [0.25, 0.3) is 44.7 Å². The number of aromatic amines is 2. The number of nitrogens with zero attached hydrogens (tertiary/aromatic N) is 5. The fraction of sp³-hybridized carbons (Fsp3) is 0.432. The predicted octanol–water partition coefficient (Wildman–Crippen LogP) is 8.68. The van der Waals surface area contributed by atoms with Gasteiger partial charge in [-0.15, -0.1) is 11.3 Å². The smallest absolute Gasteiger partial charge is 0.407 e. The molecule has 59 heavy (non-hydrogen) atoms. The monoisotopic (exact) mass is 819 g/mol. The van der Waals surface area contributed by atoms with Gasteiger partial charge in [-0.3, -0.25) is 9.36 Å². The third kappa shape index (κ3) is 7.39. The first-order valence-electron chi connectivity index (χ1n) is 20.4. The lowest BCUT2D eigenvalue weighted by Gasteiger charge is -2.30. The number of aromatic nitrogens is 6. The van der Waals surface area contributed by atoms with Crippen molar-refractivity contribution in [3.63, 3.8) is 0 Å². The second-order valence-electron chi connectivity index (χ2n) is 17.4. The van der Waals surface area contributed by atoms with Crippen LogP contribution in [0, 0.1) is 17.2 Å². The molecule has 308 valence electrons. The molecule has 2 aromatic carbocycles. The van der Waals surface area contributed by atoms with Crippen LogP contribution < -0.4 is 15.4 Å². The molecule has 3 aliphatic rings. The Morgan fingerprint density at radius 2 is 1.78 bits per heavy atom. The number of hydrogen-bond acceptors (Lipinski definition) is 9. The van der Waals surface area contributed by atoms with Crippen molar-refractivity contribution in [1.29, 1.82) is 0 Å². The molecule has 4 aromatic heterocycles. The number of H-pyrrole nitrogens is 2. The van der Waals surface area contributed by atoms with E-state index in [1.807, 2.05) is 38.4 Å². The molecule has 4 atom stereocenters. The summed E-state index contributed by atoms with van der Waals surface area (Å²) in [6.45, 7) is 11.9. The second-order valence-corrected chi connectivity index (χ2v) is 18.6. The van der Waals surface area contributed by atoms with Gasteiger partial charge in [0.1, 0.15) is 29.3 Å². The number of ether oxygens (including phenoxy) is 2. The number of alkyl carbamates (subject to hydrolysis) is 1. The van der Waals surface area contributed by atoms with Crippen molar-refractivity contribution in [1.82, 2.24) is 45.0 Å². The zero-order chi connectivity index (χ0) is 41.2. The van der Waals surface area contributed by atoms with E-state index in [1.54, 1.807) is 22.4 Å². The lowest BCUT2D eigenvalue weighted by molar-refractivity contribution is -0.135. The Kier molecular flexibility index (Phi) is 10.1. The number of halogens is 1. The van der Waals surface area contributed by atoms with E-state index in [4.69, 9.17) is 24.4 Å². The Labute approximate surface area is 346 Å².